The summed E-state index contributed by atoms with van der Waals surface area (Å²) in [6.45, 7) is 1.58. The molecule has 1 N–H and O–H groups in total. The molecule has 1 aliphatic rings. The highest BCUT2D eigenvalue weighted by molar-refractivity contribution is 5.83. The van der Waals surface area contributed by atoms with E-state index >= 15 is 0 Å². The fourth-order valence-corrected chi connectivity index (χ4v) is 2.14. The van der Waals surface area contributed by atoms with Crippen LogP contribution in [0.3, 0.4) is 0 Å². The highest BCUT2D eigenvalue weighted by Gasteiger charge is 2.22. The largest absolute Gasteiger partial charge is 0.316 e. The van der Waals surface area contributed by atoms with Crippen molar-refractivity contribution in [2.75, 3.05) is 13.1 Å². The van der Waals surface area contributed by atoms with Gasteiger partial charge in [-0.3, -0.25) is 4.79 Å². The van der Waals surface area contributed by atoms with Gasteiger partial charge in [-0.25, -0.2) is 8.78 Å². The Bertz CT molecular complexity index is 414. The van der Waals surface area contributed by atoms with E-state index in [0.29, 0.717) is 6.54 Å². The molecule has 2 rings (SSSR count). The van der Waals surface area contributed by atoms with Gasteiger partial charge in [0.1, 0.15) is 5.78 Å². The van der Waals surface area contributed by atoms with E-state index in [1.165, 1.54) is 12.1 Å². The van der Waals surface area contributed by atoms with Crippen molar-refractivity contribution in [3.8, 4) is 0 Å². The second kappa shape index (κ2) is 5.36. The minimum atomic E-state index is -0.899. The Hall–Kier alpha value is -1.29. The maximum Gasteiger partial charge on any atom is 0.162 e. The molecule has 0 spiro atoms. The van der Waals surface area contributed by atoms with Gasteiger partial charge < -0.3 is 5.32 Å². The number of carbonyl (C=O) groups excluding carboxylic acids is 1. The number of hydrogen-bond acceptors (Lipinski definition) is 2. The van der Waals surface area contributed by atoms with Crippen LogP contribution in [0.2, 0.25) is 0 Å². The zero-order valence-electron chi connectivity index (χ0n) is 9.51. The standard InChI is InChI=1S/C13H15F2NO/c14-11-5-1-3-9(13(11)15)7-12(17)10-4-2-6-16-8-10/h1,3,5,10,16H,2,4,6-8H2. The lowest BCUT2D eigenvalue weighted by atomic mass is 9.91. The molecule has 0 aliphatic carbocycles. The summed E-state index contributed by atoms with van der Waals surface area (Å²) in [5.41, 5.74) is 0.153. The Morgan fingerprint density at radius 2 is 2.24 bits per heavy atom. The summed E-state index contributed by atoms with van der Waals surface area (Å²) in [6, 6.07) is 3.96. The smallest absolute Gasteiger partial charge is 0.162 e. The first-order valence-electron chi connectivity index (χ1n) is 5.85. The number of carbonyl (C=O) groups is 1. The van der Waals surface area contributed by atoms with E-state index in [4.69, 9.17) is 0 Å². The molecule has 1 saturated heterocycles. The van der Waals surface area contributed by atoms with Gasteiger partial charge in [-0.1, -0.05) is 12.1 Å². The highest BCUT2D eigenvalue weighted by Crippen LogP contribution is 2.17. The van der Waals surface area contributed by atoms with Crippen LogP contribution in [0.4, 0.5) is 8.78 Å². The molecule has 0 amide bonds. The quantitative estimate of drug-likeness (QED) is 0.875. The summed E-state index contributed by atoms with van der Waals surface area (Å²) >= 11 is 0. The molecule has 0 aromatic heterocycles. The van der Waals surface area contributed by atoms with Gasteiger partial charge in [0.2, 0.25) is 0 Å². The lowest BCUT2D eigenvalue weighted by Crippen LogP contribution is -2.35. The number of ketones is 1. The molecule has 0 bridgehead atoms. The van der Waals surface area contributed by atoms with E-state index in [9.17, 15) is 13.6 Å². The predicted molar refractivity (Wildman–Crippen MR) is 60.7 cm³/mol. The first-order valence-corrected chi connectivity index (χ1v) is 5.85. The molecule has 4 heteroatoms. The minimum absolute atomic E-state index is 0.0123. The van der Waals surface area contributed by atoms with Crippen LogP contribution in [0.25, 0.3) is 0 Å². The maximum absolute atomic E-state index is 13.4. The van der Waals surface area contributed by atoms with Crippen LogP contribution in [0, 0.1) is 17.6 Å². The summed E-state index contributed by atoms with van der Waals surface area (Å²) in [7, 11) is 0. The zero-order chi connectivity index (χ0) is 12.3. The molecule has 1 unspecified atom stereocenters. The van der Waals surface area contributed by atoms with Crippen molar-refractivity contribution < 1.29 is 13.6 Å². The zero-order valence-corrected chi connectivity index (χ0v) is 9.51. The Morgan fingerprint density at radius 1 is 1.41 bits per heavy atom. The molecule has 1 heterocycles. The summed E-state index contributed by atoms with van der Waals surface area (Å²) < 4.78 is 26.4. The van der Waals surface area contributed by atoms with Crippen molar-refractivity contribution in [2.24, 2.45) is 5.92 Å². The average Bonchev–Trinajstić information content (AvgIpc) is 2.36. The van der Waals surface area contributed by atoms with Crippen LogP contribution in [0.1, 0.15) is 18.4 Å². The number of Topliss-reactive ketones (excluding diaryl/α,β-unsaturated/α-hetero) is 1. The molecule has 0 radical (unpaired) electrons. The van der Waals surface area contributed by atoms with Gasteiger partial charge in [0.15, 0.2) is 11.6 Å². The second-order valence-electron chi connectivity index (χ2n) is 4.40. The third-order valence-electron chi connectivity index (χ3n) is 3.15. The summed E-state index contributed by atoms with van der Waals surface area (Å²) in [5, 5.41) is 3.14. The molecule has 2 nitrogen and oxygen atoms in total. The Balaban J connectivity index is 2.04. The van der Waals surface area contributed by atoms with Crippen molar-refractivity contribution in [3.05, 3.63) is 35.4 Å². The summed E-state index contributed by atoms with van der Waals surface area (Å²) in [6.07, 6.45) is 1.78. The molecule has 92 valence electrons. The van der Waals surface area contributed by atoms with E-state index in [-0.39, 0.29) is 23.7 Å². The molecular weight excluding hydrogens is 224 g/mol. The molecule has 1 aliphatic heterocycles. The topological polar surface area (TPSA) is 29.1 Å². The second-order valence-corrected chi connectivity index (χ2v) is 4.40. The van der Waals surface area contributed by atoms with Crippen LogP contribution >= 0.6 is 0 Å². The lowest BCUT2D eigenvalue weighted by Gasteiger charge is -2.21. The summed E-state index contributed by atoms with van der Waals surface area (Å²) in [5.74, 6) is -1.87. The van der Waals surface area contributed by atoms with Crippen molar-refractivity contribution in [2.45, 2.75) is 19.3 Å². The van der Waals surface area contributed by atoms with Crippen LogP contribution < -0.4 is 5.32 Å². The van der Waals surface area contributed by atoms with Gasteiger partial charge >= 0.3 is 0 Å². The Labute approximate surface area is 99.0 Å². The van der Waals surface area contributed by atoms with Gasteiger partial charge in [0.05, 0.1) is 0 Å². The van der Waals surface area contributed by atoms with Crippen LogP contribution in [0.15, 0.2) is 18.2 Å². The fraction of sp³-hybridized carbons (Fsp3) is 0.462. The van der Waals surface area contributed by atoms with E-state index in [1.54, 1.807) is 0 Å². The van der Waals surface area contributed by atoms with Crippen LogP contribution in [0.5, 0.6) is 0 Å². The molecular formula is C13H15F2NO. The highest BCUT2D eigenvalue weighted by atomic mass is 19.2. The summed E-state index contributed by atoms with van der Waals surface area (Å²) in [4.78, 5) is 11.9. The maximum atomic E-state index is 13.4. The van der Waals surface area contributed by atoms with Gasteiger partial charge in [-0.15, -0.1) is 0 Å². The number of halogens is 2. The third-order valence-corrected chi connectivity index (χ3v) is 3.15. The minimum Gasteiger partial charge on any atom is -0.316 e. The molecule has 1 aromatic rings. The molecule has 0 saturated carbocycles. The monoisotopic (exact) mass is 239 g/mol. The fourth-order valence-electron chi connectivity index (χ4n) is 2.14. The molecule has 1 fully saturated rings. The van der Waals surface area contributed by atoms with Gasteiger partial charge in [0, 0.05) is 18.9 Å². The van der Waals surface area contributed by atoms with Crippen molar-refractivity contribution in [1.82, 2.24) is 5.32 Å². The number of nitrogens with one attached hydrogen (secondary N) is 1. The number of hydrogen-bond donors (Lipinski definition) is 1. The number of benzene rings is 1. The average molecular weight is 239 g/mol. The first-order chi connectivity index (χ1) is 8.18. The van der Waals surface area contributed by atoms with Crippen LogP contribution in [-0.4, -0.2) is 18.9 Å². The van der Waals surface area contributed by atoms with Crippen molar-refractivity contribution in [1.29, 1.82) is 0 Å². The van der Waals surface area contributed by atoms with E-state index in [2.05, 4.69) is 5.32 Å². The number of piperidine rings is 1. The van der Waals surface area contributed by atoms with E-state index in [1.807, 2.05) is 0 Å². The molecule has 1 atom stereocenters. The predicted octanol–water partition coefficient (Wildman–Crippen LogP) is 2.08. The lowest BCUT2D eigenvalue weighted by molar-refractivity contribution is -0.122. The molecule has 1 aromatic carbocycles. The Morgan fingerprint density at radius 3 is 2.94 bits per heavy atom. The van der Waals surface area contributed by atoms with Gasteiger partial charge in [-0.2, -0.15) is 0 Å². The normalized spacial score (nSPS) is 20.2. The van der Waals surface area contributed by atoms with Crippen molar-refractivity contribution >= 4 is 5.78 Å². The van der Waals surface area contributed by atoms with E-state index in [0.717, 1.165) is 25.5 Å². The molecule has 17 heavy (non-hydrogen) atoms. The third kappa shape index (κ3) is 2.88. The van der Waals surface area contributed by atoms with Gasteiger partial charge in [0.25, 0.3) is 0 Å². The first kappa shape index (κ1) is 12.2. The van der Waals surface area contributed by atoms with Crippen LogP contribution in [-0.2, 0) is 11.2 Å². The SMILES string of the molecule is O=C(Cc1cccc(F)c1F)C1CCCNC1. The van der Waals surface area contributed by atoms with Crippen molar-refractivity contribution in [3.63, 3.8) is 0 Å². The number of rotatable bonds is 3. The van der Waals surface area contributed by atoms with E-state index < -0.39 is 11.6 Å². The Kier molecular flexibility index (Phi) is 3.84. The van der Waals surface area contributed by atoms with Gasteiger partial charge in [-0.05, 0) is 31.0 Å².